The van der Waals surface area contributed by atoms with Gasteiger partial charge in [0.05, 0.1) is 5.52 Å². The van der Waals surface area contributed by atoms with E-state index in [0.29, 0.717) is 22.9 Å². The van der Waals surface area contributed by atoms with Crippen LogP contribution in [0.2, 0.25) is 0 Å². The third kappa shape index (κ3) is 2.22. The average Bonchev–Trinajstić information content (AvgIpc) is 3.04. The number of hydrogen-bond acceptors (Lipinski definition) is 6. The van der Waals surface area contributed by atoms with Crippen molar-refractivity contribution in [2.75, 3.05) is 0 Å². The van der Waals surface area contributed by atoms with Gasteiger partial charge in [0.2, 0.25) is 5.89 Å². The van der Waals surface area contributed by atoms with Gasteiger partial charge in [-0.3, -0.25) is 4.79 Å². The quantitative estimate of drug-likeness (QED) is 0.739. The molecule has 1 atom stereocenters. The summed E-state index contributed by atoms with van der Waals surface area (Å²) in [4.78, 5) is 27.2. The standard InChI is InChI=1S/C12H12N6O2/c1-6(12-15-7(2)18-20-12)14-11(19)10-16-8-4-3-5-13-9(8)17-10/h3-6H,1-2H3,(H,14,19)(H,13,16,17). The first kappa shape index (κ1) is 12.3. The van der Waals surface area contributed by atoms with Gasteiger partial charge in [-0.15, -0.1) is 0 Å². The van der Waals surface area contributed by atoms with E-state index in [2.05, 4.69) is 30.4 Å². The highest BCUT2D eigenvalue weighted by Crippen LogP contribution is 2.11. The smallest absolute Gasteiger partial charge is 0.287 e. The highest BCUT2D eigenvalue weighted by molar-refractivity contribution is 5.93. The van der Waals surface area contributed by atoms with Crippen LogP contribution in [0.15, 0.2) is 22.9 Å². The van der Waals surface area contributed by atoms with Gasteiger partial charge < -0.3 is 14.8 Å². The van der Waals surface area contributed by atoms with Crippen LogP contribution in [0.3, 0.4) is 0 Å². The van der Waals surface area contributed by atoms with Crippen LogP contribution in [0, 0.1) is 6.92 Å². The molecule has 0 saturated carbocycles. The lowest BCUT2D eigenvalue weighted by Gasteiger charge is -2.07. The van der Waals surface area contributed by atoms with Crippen molar-refractivity contribution in [2.45, 2.75) is 19.9 Å². The van der Waals surface area contributed by atoms with Crippen molar-refractivity contribution >= 4 is 17.1 Å². The number of hydrogen-bond donors (Lipinski definition) is 2. The normalized spacial score (nSPS) is 12.5. The molecular weight excluding hydrogens is 260 g/mol. The first-order chi connectivity index (χ1) is 9.63. The van der Waals surface area contributed by atoms with Gasteiger partial charge in [0, 0.05) is 6.20 Å². The molecule has 2 N–H and O–H groups in total. The zero-order valence-corrected chi connectivity index (χ0v) is 10.9. The number of nitrogens with zero attached hydrogens (tertiary/aromatic N) is 4. The summed E-state index contributed by atoms with van der Waals surface area (Å²) < 4.78 is 5.00. The maximum absolute atomic E-state index is 12.1. The Balaban J connectivity index is 1.78. The van der Waals surface area contributed by atoms with E-state index in [1.54, 1.807) is 32.2 Å². The average molecular weight is 272 g/mol. The molecule has 3 rings (SSSR count). The van der Waals surface area contributed by atoms with E-state index >= 15 is 0 Å². The Morgan fingerprint density at radius 3 is 3.00 bits per heavy atom. The summed E-state index contributed by atoms with van der Waals surface area (Å²) >= 11 is 0. The Labute approximate surface area is 113 Å². The van der Waals surface area contributed by atoms with Crippen LogP contribution in [0.5, 0.6) is 0 Å². The Kier molecular flexibility index (Phi) is 2.90. The third-order valence-electron chi connectivity index (χ3n) is 2.73. The molecule has 3 aromatic rings. The number of imidazole rings is 1. The molecule has 8 nitrogen and oxygen atoms in total. The van der Waals surface area contributed by atoms with Crippen LogP contribution >= 0.6 is 0 Å². The summed E-state index contributed by atoms with van der Waals surface area (Å²) in [5.41, 5.74) is 1.21. The summed E-state index contributed by atoms with van der Waals surface area (Å²) in [6.07, 6.45) is 1.62. The topological polar surface area (TPSA) is 110 Å². The minimum Gasteiger partial charge on any atom is -0.338 e. The highest BCUT2D eigenvalue weighted by Gasteiger charge is 2.18. The number of aromatic amines is 1. The second-order valence-electron chi connectivity index (χ2n) is 4.33. The van der Waals surface area contributed by atoms with Crippen LogP contribution in [0.25, 0.3) is 11.2 Å². The lowest BCUT2D eigenvalue weighted by atomic mass is 10.3. The molecule has 1 unspecified atom stereocenters. The van der Waals surface area contributed by atoms with Gasteiger partial charge in [0.1, 0.15) is 6.04 Å². The zero-order chi connectivity index (χ0) is 14.1. The Hall–Kier alpha value is -2.77. The van der Waals surface area contributed by atoms with E-state index < -0.39 is 6.04 Å². The fraction of sp³-hybridized carbons (Fsp3) is 0.250. The fourth-order valence-electron chi connectivity index (χ4n) is 1.77. The molecule has 0 aromatic carbocycles. The molecule has 0 bridgehead atoms. The number of H-pyrrole nitrogens is 1. The summed E-state index contributed by atoms with van der Waals surface area (Å²) in [7, 11) is 0. The van der Waals surface area contributed by atoms with E-state index in [4.69, 9.17) is 4.52 Å². The van der Waals surface area contributed by atoms with Gasteiger partial charge in [0.25, 0.3) is 5.91 Å². The number of nitrogens with one attached hydrogen (secondary N) is 2. The molecule has 0 fully saturated rings. The Morgan fingerprint density at radius 1 is 1.45 bits per heavy atom. The second kappa shape index (κ2) is 4.72. The predicted molar refractivity (Wildman–Crippen MR) is 68.8 cm³/mol. The molecule has 1 amide bonds. The van der Waals surface area contributed by atoms with Crippen LogP contribution in [0.4, 0.5) is 0 Å². The molecule has 0 spiro atoms. The van der Waals surface area contributed by atoms with Crippen molar-refractivity contribution in [1.82, 2.24) is 30.4 Å². The Bertz CT molecular complexity index is 729. The number of aromatic nitrogens is 5. The summed E-state index contributed by atoms with van der Waals surface area (Å²) in [5.74, 6) is 0.715. The van der Waals surface area contributed by atoms with E-state index in [1.807, 2.05) is 0 Å². The number of carbonyl (C=O) groups excluding carboxylic acids is 1. The van der Waals surface area contributed by atoms with Gasteiger partial charge >= 0.3 is 0 Å². The van der Waals surface area contributed by atoms with E-state index in [1.165, 1.54) is 0 Å². The first-order valence-electron chi connectivity index (χ1n) is 6.05. The van der Waals surface area contributed by atoms with Crippen molar-refractivity contribution in [3.63, 3.8) is 0 Å². The summed E-state index contributed by atoms with van der Waals surface area (Å²) in [5, 5.41) is 6.41. The zero-order valence-electron chi connectivity index (χ0n) is 10.9. The highest BCUT2D eigenvalue weighted by atomic mass is 16.5. The summed E-state index contributed by atoms with van der Waals surface area (Å²) in [6, 6.07) is 3.17. The van der Waals surface area contributed by atoms with Crippen LogP contribution in [-0.2, 0) is 0 Å². The number of aryl methyl sites for hydroxylation is 1. The molecule has 0 radical (unpaired) electrons. The van der Waals surface area contributed by atoms with Gasteiger partial charge in [-0.1, -0.05) is 5.16 Å². The number of fused-ring (bicyclic) bond motifs is 1. The maximum Gasteiger partial charge on any atom is 0.287 e. The number of rotatable bonds is 3. The minimum absolute atomic E-state index is 0.196. The first-order valence-corrected chi connectivity index (χ1v) is 6.05. The molecule has 3 heterocycles. The van der Waals surface area contributed by atoms with Crippen molar-refractivity contribution in [2.24, 2.45) is 0 Å². The molecular formula is C12H12N6O2. The summed E-state index contributed by atoms with van der Waals surface area (Å²) in [6.45, 7) is 3.47. The van der Waals surface area contributed by atoms with Crippen molar-refractivity contribution in [3.8, 4) is 0 Å². The van der Waals surface area contributed by atoms with Gasteiger partial charge in [-0.05, 0) is 26.0 Å². The third-order valence-corrected chi connectivity index (χ3v) is 2.73. The monoisotopic (exact) mass is 272 g/mol. The van der Waals surface area contributed by atoms with Crippen molar-refractivity contribution < 1.29 is 9.32 Å². The second-order valence-corrected chi connectivity index (χ2v) is 4.33. The molecule has 0 aliphatic rings. The van der Waals surface area contributed by atoms with E-state index in [0.717, 1.165) is 0 Å². The van der Waals surface area contributed by atoms with Gasteiger partial charge in [0.15, 0.2) is 17.3 Å². The predicted octanol–water partition coefficient (Wildman–Crippen LogP) is 1.14. The van der Waals surface area contributed by atoms with Crippen molar-refractivity contribution in [1.29, 1.82) is 0 Å². The molecule has 0 saturated heterocycles. The Morgan fingerprint density at radius 2 is 2.30 bits per heavy atom. The van der Waals surface area contributed by atoms with E-state index in [-0.39, 0.29) is 11.7 Å². The molecule has 0 aliphatic carbocycles. The van der Waals surface area contributed by atoms with Crippen LogP contribution in [0.1, 0.15) is 35.3 Å². The lowest BCUT2D eigenvalue weighted by molar-refractivity contribution is 0.0923. The van der Waals surface area contributed by atoms with Gasteiger partial charge in [-0.2, -0.15) is 4.98 Å². The lowest BCUT2D eigenvalue weighted by Crippen LogP contribution is -2.27. The molecule has 3 aromatic heterocycles. The SMILES string of the molecule is Cc1noc(C(C)NC(=O)c2nc3ncccc3[nH]2)n1. The largest absolute Gasteiger partial charge is 0.338 e. The minimum atomic E-state index is -0.398. The van der Waals surface area contributed by atoms with Crippen molar-refractivity contribution in [3.05, 3.63) is 35.9 Å². The number of amides is 1. The number of carbonyl (C=O) groups is 1. The maximum atomic E-state index is 12.1. The number of pyridine rings is 1. The fourth-order valence-corrected chi connectivity index (χ4v) is 1.77. The molecule has 8 heteroatoms. The molecule has 102 valence electrons. The van der Waals surface area contributed by atoms with Crippen LogP contribution < -0.4 is 5.32 Å². The molecule has 0 aliphatic heterocycles. The van der Waals surface area contributed by atoms with Crippen LogP contribution in [-0.4, -0.2) is 31.0 Å². The molecule has 20 heavy (non-hydrogen) atoms. The van der Waals surface area contributed by atoms with E-state index in [9.17, 15) is 4.79 Å². The van der Waals surface area contributed by atoms with Gasteiger partial charge in [-0.25, -0.2) is 9.97 Å².